The summed E-state index contributed by atoms with van der Waals surface area (Å²) in [6.45, 7) is 3.40. The lowest BCUT2D eigenvalue weighted by atomic mass is 9.70. The van der Waals surface area contributed by atoms with E-state index < -0.39 is 0 Å². The van der Waals surface area contributed by atoms with Crippen molar-refractivity contribution in [3.8, 4) is 0 Å². The van der Waals surface area contributed by atoms with Crippen LogP contribution in [0.4, 0.5) is 0 Å². The molecule has 0 saturated carbocycles. The van der Waals surface area contributed by atoms with Crippen LogP contribution >= 0.6 is 22.6 Å². The molecular formula is C27H29IN2. The van der Waals surface area contributed by atoms with Gasteiger partial charge in [-0.1, -0.05) is 78.9 Å². The van der Waals surface area contributed by atoms with Gasteiger partial charge in [0.25, 0.3) is 0 Å². The molecule has 3 aromatic carbocycles. The number of hydrogen-bond acceptors (Lipinski definition) is 2. The van der Waals surface area contributed by atoms with E-state index in [4.69, 9.17) is 0 Å². The quantitative estimate of drug-likeness (QED) is 0.432. The van der Waals surface area contributed by atoms with Gasteiger partial charge in [0.1, 0.15) is 0 Å². The first-order chi connectivity index (χ1) is 14.8. The van der Waals surface area contributed by atoms with Crippen LogP contribution in [0.1, 0.15) is 35.4 Å². The molecule has 2 unspecified atom stereocenters. The smallest absolute Gasteiger partial charge is 0.0361 e. The molecule has 30 heavy (non-hydrogen) atoms. The van der Waals surface area contributed by atoms with Gasteiger partial charge in [0.2, 0.25) is 0 Å². The largest absolute Gasteiger partial charge is 0.308 e. The number of rotatable bonds is 6. The molecule has 6 rings (SSSR count). The first-order valence-corrected chi connectivity index (χ1v) is 12.2. The minimum Gasteiger partial charge on any atom is -0.308 e. The second-order valence-electron chi connectivity index (χ2n) is 8.66. The van der Waals surface area contributed by atoms with Gasteiger partial charge in [-0.25, -0.2) is 0 Å². The summed E-state index contributed by atoms with van der Waals surface area (Å²) >= 11 is 2.46. The van der Waals surface area contributed by atoms with Crippen LogP contribution in [0.3, 0.4) is 0 Å². The number of nitrogens with one attached hydrogen (secondary N) is 1. The van der Waals surface area contributed by atoms with Crippen LogP contribution in [-0.2, 0) is 6.54 Å². The molecule has 3 fully saturated rings. The van der Waals surface area contributed by atoms with E-state index in [2.05, 4.69) is 118 Å². The zero-order valence-corrected chi connectivity index (χ0v) is 19.4. The number of halogens is 1. The molecule has 3 heterocycles. The molecule has 0 aliphatic carbocycles. The van der Waals surface area contributed by atoms with Crippen molar-refractivity contribution in [3.63, 3.8) is 0 Å². The number of hydrogen-bond donors (Lipinski definition) is 1. The van der Waals surface area contributed by atoms with Gasteiger partial charge in [-0.15, -0.1) is 0 Å². The highest BCUT2D eigenvalue weighted by Gasteiger charge is 2.46. The van der Waals surface area contributed by atoms with Crippen molar-refractivity contribution >= 4 is 22.6 Å². The third kappa shape index (κ3) is 4.08. The molecule has 0 spiro atoms. The fraction of sp³-hybridized carbons (Fsp3) is 0.333. The summed E-state index contributed by atoms with van der Waals surface area (Å²) in [4.78, 5) is 2.76. The van der Waals surface area contributed by atoms with E-state index in [1.807, 2.05) is 0 Å². The van der Waals surface area contributed by atoms with Gasteiger partial charge in [0.15, 0.2) is 0 Å². The highest BCUT2D eigenvalue weighted by Crippen LogP contribution is 2.42. The van der Waals surface area contributed by atoms with Gasteiger partial charge in [0, 0.05) is 28.1 Å². The van der Waals surface area contributed by atoms with E-state index in [0.29, 0.717) is 18.0 Å². The average molecular weight is 508 g/mol. The summed E-state index contributed by atoms with van der Waals surface area (Å²) in [6, 6.07) is 32.1. The van der Waals surface area contributed by atoms with Gasteiger partial charge in [-0.3, -0.25) is 4.90 Å². The summed E-state index contributed by atoms with van der Waals surface area (Å²) in [5, 5.41) is 4.03. The minimum absolute atomic E-state index is 0.392. The first-order valence-electron chi connectivity index (χ1n) is 11.1. The SMILES string of the molecule is Ic1ccccc1CNC1C2CCN(CC2)C1C(c1ccccc1)c1ccccc1. The predicted octanol–water partition coefficient (Wildman–Crippen LogP) is 5.68. The second kappa shape index (κ2) is 9.21. The van der Waals surface area contributed by atoms with E-state index in [-0.39, 0.29) is 0 Å². The van der Waals surface area contributed by atoms with Gasteiger partial charge < -0.3 is 5.32 Å². The predicted molar refractivity (Wildman–Crippen MR) is 133 cm³/mol. The molecule has 3 aromatic rings. The van der Waals surface area contributed by atoms with Gasteiger partial charge in [-0.05, 0) is 77.2 Å². The molecule has 0 aromatic heterocycles. The van der Waals surface area contributed by atoms with Crippen LogP contribution in [0.5, 0.6) is 0 Å². The Balaban J connectivity index is 1.50. The Morgan fingerprint density at radius 1 is 0.800 bits per heavy atom. The molecule has 2 nitrogen and oxygen atoms in total. The standard InChI is InChI=1S/C27H29IN2/c28-24-14-8-7-13-23(24)19-29-26-22-15-17-30(18-16-22)27(26)25(20-9-3-1-4-10-20)21-11-5-2-6-12-21/h1-14,22,25-27,29H,15-19H2. The molecule has 3 heteroatoms. The maximum atomic E-state index is 4.03. The number of piperidine rings is 3. The monoisotopic (exact) mass is 508 g/mol. The summed E-state index contributed by atoms with van der Waals surface area (Å²) in [5.41, 5.74) is 4.27. The van der Waals surface area contributed by atoms with Gasteiger partial charge >= 0.3 is 0 Å². The molecule has 154 valence electrons. The van der Waals surface area contributed by atoms with Crippen LogP contribution in [0.15, 0.2) is 84.9 Å². The van der Waals surface area contributed by atoms with Crippen molar-refractivity contribution in [2.24, 2.45) is 5.92 Å². The lowest BCUT2D eigenvalue weighted by Gasteiger charge is -2.54. The average Bonchev–Trinajstić information content (AvgIpc) is 2.81. The molecule has 3 aliphatic rings. The highest BCUT2D eigenvalue weighted by molar-refractivity contribution is 14.1. The molecule has 3 aliphatic heterocycles. The van der Waals surface area contributed by atoms with E-state index in [1.54, 1.807) is 0 Å². The van der Waals surface area contributed by atoms with Crippen molar-refractivity contribution in [1.82, 2.24) is 10.2 Å². The third-order valence-corrected chi connectivity index (χ3v) is 8.07. The lowest BCUT2D eigenvalue weighted by molar-refractivity contribution is 0.00466. The van der Waals surface area contributed by atoms with Gasteiger partial charge in [-0.2, -0.15) is 0 Å². The van der Waals surface area contributed by atoms with Crippen molar-refractivity contribution in [3.05, 3.63) is 105 Å². The maximum absolute atomic E-state index is 4.03. The molecule has 3 saturated heterocycles. The van der Waals surface area contributed by atoms with Crippen LogP contribution in [-0.4, -0.2) is 30.1 Å². The minimum atomic E-state index is 0.392. The van der Waals surface area contributed by atoms with Crippen molar-refractivity contribution in [2.75, 3.05) is 13.1 Å². The molecule has 1 N–H and O–H groups in total. The summed E-state index contributed by atoms with van der Waals surface area (Å²) in [5.74, 6) is 1.15. The third-order valence-electron chi connectivity index (χ3n) is 7.02. The van der Waals surface area contributed by atoms with Crippen LogP contribution in [0.2, 0.25) is 0 Å². The Bertz CT molecular complexity index is 911. The Kier molecular flexibility index (Phi) is 6.21. The Labute approximate surface area is 193 Å². The van der Waals surface area contributed by atoms with Crippen molar-refractivity contribution < 1.29 is 0 Å². The van der Waals surface area contributed by atoms with Crippen LogP contribution < -0.4 is 5.32 Å². The van der Waals surface area contributed by atoms with Crippen molar-refractivity contribution in [2.45, 2.75) is 37.4 Å². The van der Waals surface area contributed by atoms with Gasteiger partial charge in [0.05, 0.1) is 0 Å². The normalized spacial score (nSPS) is 25.5. The molecule has 2 atom stereocenters. The fourth-order valence-electron chi connectivity index (χ4n) is 5.57. The Morgan fingerprint density at radius 2 is 1.37 bits per heavy atom. The van der Waals surface area contributed by atoms with Crippen LogP contribution in [0.25, 0.3) is 0 Å². The van der Waals surface area contributed by atoms with E-state index in [1.165, 1.54) is 46.2 Å². The highest BCUT2D eigenvalue weighted by atomic mass is 127. The van der Waals surface area contributed by atoms with Crippen molar-refractivity contribution in [1.29, 1.82) is 0 Å². The Hall–Kier alpha value is -1.69. The Morgan fingerprint density at radius 3 is 1.97 bits per heavy atom. The summed E-state index contributed by atoms with van der Waals surface area (Å²) < 4.78 is 1.35. The number of fused-ring (bicyclic) bond motifs is 3. The molecule has 0 radical (unpaired) electrons. The molecule has 0 amide bonds. The summed E-state index contributed by atoms with van der Waals surface area (Å²) in [7, 11) is 0. The topological polar surface area (TPSA) is 15.3 Å². The van der Waals surface area contributed by atoms with E-state index >= 15 is 0 Å². The lowest BCUT2D eigenvalue weighted by Crippen LogP contribution is -2.64. The molecule has 2 bridgehead atoms. The zero-order valence-electron chi connectivity index (χ0n) is 17.3. The first kappa shape index (κ1) is 20.2. The second-order valence-corrected chi connectivity index (χ2v) is 9.82. The fourth-order valence-corrected chi connectivity index (χ4v) is 6.14. The zero-order chi connectivity index (χ0) is 20.3. The van der Waals surface area contributed by atoms with E-state index in [0.717, 1.165) is 12.5 Å². The summed E-state index contributed by atoms with van der Waals surface area (Å²) in [6.07, 6.45) is 2.63. The number of benzene rings is 3. The maximum Gasteiger partial charge on any atom is 0.0361 e. The molecular weight excluding hydrogens is 479 g/mol. The number of nitrogens with zero attached hydrogens (tertiary/aromatic N) is 1. The van der Waals surface area contributed by atoms with Crippen LogP contribution in [0, 0.1) is 9.49 Å². The van der Waals surface area contributed by atoms with E-state index in [9.17, 15) is 0 Å².